The van der Waals surface area contributed by atoms with Crippen LogP contribution in [0.4, 0.5) is 4.79 Å². The highest BCUT2D eigenvalue weighted by Crippen LogP contribution is 2.34. The number of carbonyl (C=O) groups is 3. The number of urea groups is 1. The summed E-state index contributed by atoms with van der Waals surface area (Å²) in [6.45, 7) is 4.37. The van der Waals surface area contributed by atoms with Gasteiger partial charge in [-0.2, -0.15) is 0 Å². The van der Waals surface area contributed by atoms with Gasteiger partial charge in [-0.25, -0.2) is 4.79 Å². The Balaban J connectivity index is 2.25. The van der Waals surface area contributed by atoms with E-state index < -0.39 is 17.8 Å². The molecular formula is C14H20N2O3S2. The van der Waals surface area contributed by atoms with Gasteiger partial charge in [-0.1, -0.05) is 20.3 Å². The standard InChI is InChI=1S/C14H20N2O3S2/c1-3-20-13(21-4-2)10-11(17)15-14(19)16(12(10)18)8-9-6-5-7-9/h9H,3-8H2,1-2H3,(H,15,17,19). The molecule has 0 unspecified atom stereocenters. The van der Waals surface area contributed by atoms with E-state index in [2.05, 4.69) is 5.32 Å². The molecule has 2 rings (SSSR count). The minimum atomic E-state index is -0.581. The molecule has 21 heavy (non-hydrogen) atoms. The predicted molar refractivity (Wildman–Crippen MR) is 85.9 cm³/mol. The number of nitrogens with zero attached hydrogens (tertiary/aromatic N) is 1. The molecule has 4 amide bonds. The summed E-state index contributed by atoms with van der Waals surface area (Å²) >= 11 is 2.96. The first-order valence-corrected chi connectivity index (χ1v) is 9.22. The molecule has 0 aromatic rings. The van der Waals surface area contributed by atoms with Gasteiger partial charge in [0.1, 0.15) is 5.57 Å². The number of barbiturate groups is 1. The van der Waals surface area contributed by atoms with Gasteiger partial charge in [0, 0.05) is 6.54 Å². The van der Waals surface area contributed by atoms with Crippen LogP contribution in [0.15, 0.2) is 9.81 Å². The van der Waals surface area contributed by atoms with Gasteiger partial charge >= 0.3 is 6.03 Å². The third kappa shape index (κ3) is 3.63. The van der Waals surface area contributed by atoms with Gasteiger partial charge in [0.05, 0.1) is 4.24 Å². The smallest absolute Gasteiger partial charge is 0.273 e. The van der Waals surface area contributed by atoms with Crippen molar-refractivity contribution in [3.8, 4) is 0 Å². The van der Waals surface area contributed by atoms with Crippen molar-refractivity contribution in [2.75, 3.05) is 18.1 Å². The fourth-order valence-corrected chi connectivity index (χ4v) is 4.49. The Kier molecular flexibility index (Phi) is 5.75. The van der Waals surface area contributed by atoms with E-state index >= 15 is 0 Å². The zero-order chi connectivity index (χ0) is 15.4. The van der Waals surface area contributed by atoms with Crippen molar-refractivity contribution in [1.29, 1.82) is 0 Å². The molecule has 1 heterocycles. The SMILES string of the molecule is CCSC(SCC)=C1C(=O)NC(=O)N(CC2CCC2)C1=O. The number of hydrogen-bond acceptors (Lipinski definition) is 5. The molecule has 0 bridgehead atoms. The monoisotopic (exact) mass is 328 g/mol. The minimum absolute atomic E-state index is 0.132. The van der Waals surface area contributed by atoms with E-state index in [1.165, 1.54) is 28.4 Å². The van der Waals surface area contributed by atoms with E-state index in [9.17, 15) is 14.4 Å². The maximum absolute atomic E-state index is 12.6. The fourth-order valence-electron chi connectivity index (χ4n) is 2.28. The van der Waals surface area contributed by atoms with Crippen molar-refractivity contribution in [1.82, 2.24) is 10.2 Å². The van der Waals surface area contributed by atoms with Crippen molar-refractivity contribution >= 4 is 41.4 Å². The Morgan fingerprint density at radius 1 is 1.19 bits per heavy atom. The number of amides is 4. The van der Waals surface area contributed by atoms with Crippen LogP contribution >= 0.6 is 23.5 Å². The van der Waals surface area contributed by atoms with Crippen LogP contribution in [0.25, 0.3) is 0 Å². The summed E-state index contributed by atoms with van der Waals surface area (Å²) in [6, 6.07) is -0.581. The molecule has 2 aliphatic rings. The Morgan fingerprint density at radius 2 is 1.81 bits per heavy atom. The third-order valence-corrected chi connectivity index (χ3v) is 5.79. The second kappa shape index (κ2) is 7.35. The Bertz CT molecular complexity index is 479. The molecule has 1 saturated carbocycles. The summed E-state index contributed by atoms with van der Waals surface area (Å²) in [7, 11) is 0. The largest absolute Gasteiger partial charge is 0.331 e. The molecule has 2 fully saturated rings. The molecular weight excluding hydrogens is 308 g/mol. The first-order valence-electron chi connectivity index (χ1n) is 7.25. The molecule has 5 nitrogen and oxygen atoms in total. The summed E-state index contributed by atoms with van der Waals surface area (Å²) in [5, 5.41) is 2.30. The highest BCUT2D eigenvalue weighted by atomic mass is 32.2. The highest BCUT2D eigenvalue weighted by molar-refractivity contribution is 8.22. The van der Waals surface area contributed by atoms with Crippen molar-refractivity contribution in [2.24, 2.45) is 5.92 Å². The van der Waals surface area contributed by atoms with E-state index in [-0.39, 0.29) is 5.57 Å². The van der Waals surface area contributed by atoms with Crippen LogP contribution in [0.3, 0.4) is 0 Å². The molecule has 7 heteroatoms. The first-order chi connectivity index (χ1) is 10.1. The topological polar surface area (TPSA) is 66.5 Å². The van der Waals surface area contributed by atoms with Gasteiger partial charge in [0.2, 0.25) is 0 Å². The quantitative estimate of drug-likeness (QED) is 0.599. The average Bonchev–Trinajstić information content (AvgIpc) is 2.36. The lowest BCUT2D eigenvalue weighted by atomic mass is 9.85. The van der Waals surface area contributed by atoms with Crippen LogP contribution in [0.1, 0.15) is 33.1 Å². The van der Waals surface area contributed by atoms with Crippen LogP contribution in [-0.2, 0) is 9.59 Å². The van der Waals surface area contributed by atoms with Crippen molar-refractivity contribution in [2.45, 2.75) is 33.1 Å². The van der Waals surface area contributed by atoms with Gasteiger partial charge in [-0.05, 0) is 30.3 Å². The van der Waals surface area contributed by atoms with Gasteiger partial charge in [-0.3, -0.25) is 19.8 Å². The molecule has 1 saturated heterocycles. The number of imide groups is 2. The van der Waals surface area contributed by atoms with Crippen LogP contribution in [-0.4, -0.2) is 40.8 Å². The lowest BCUT2D eigenvalue weighted by Crippen LogP contribution is -2.56. The number of carbonyl (C=O) groups excluding carboxylic acids is 3. The summed E-state index contributed by atoms with van der Waals surface area (Å²) in [6.07, 6.45) is 3.24. The zero-order valence-corrected chi connectivity index (χ0v) is 13.9. The number of rotatable bonds is 6. The van der Waals surface area contributed by atoms with Crippen LogP contribution < -0.4 is 5.32 Å². The van der Waals surface area contributed by atoms with Gasteiger partial charge < -0.3 is 0 Å². The zero-order valence-electron chi connectivity index (χ0n) is 12.3. The molecule has 1 N–H and O–H groups in total. The van der Waals surface area contributed by atoms with E-state index in [1.54, 1.807) is 0 Å². The number of nitrogens with one attached hydrogen (secondary N) is 1. The molecule has 0 atom stereocenters. The molecule has 0 aromatic carbocycles. The Labute approximate surface area is 133 Å². The lowest BCUT2D eigenvalue weighted by Gasteiger charge is -2.33. The number of thioether (sulfide) groups is 2. The molecule has 0 radical (unpaired) electrons. The third-order valence-electron chi connectivity index (χ3n) is 3.57. The summed E-state index contributed by atoms with van der Waals surface area (Å²) < 4.78 is 0.716. The van der Waals surface area contributed by atoms with E-state index in [0.29, 0.717) is 16.7 Å². The summed E-state index contributed by atoms with van der Waals surface area (Å²) in [4.78, 5) is 37.7. The maximum Gasteiger partial charge on any atom is 0.331 e. The van der Waals surface area contributed by atoms with Gasteiger partial charge in [0.25, 0.3) is 11.8 Å². The van der Waals surface area contributed by atoms with E-state index in [1.807, 2.05) is 13.8 Å². The van der Waals surface area contributed by atoms with E-state index in [0.717, 1.165) is 30.8 Å². The van der Waals surface area contributed by atoms with Crippen molar-refractivity contribution < 1.29 is 14.4 Å². The van der Waals surface area contributed by atoms with Gasteiger partial charge in [-0.15, -0.1) is 23.5 Å². The number of hydrogen-bond donors (Lipinski definition) is 1. The Hall–Kier alpha value is -0.950. The second-order valence-corrected chi connectivity index (χ2v) is 7.81. The predicted octanol–water partition coefficient (Wildman–Crippen LogP) is 2.58. The highest BCUT2D eigenvalue weighted by Gasteiger charge is 2.39. The molecule has 0 aromatic heterocycles. The molecule has 1 aliphatic carbocycles. The average molecular weight is 328 g/mol. The van der Waals surface area contributed by atoms with Crippen molar-refractivity contribution in [3.05, 3.63) is 9.81 Å². The first kappa shape index (κ1) is 16.4. The van der Waals surface area contributed by atoms with E-state index in [4.69, 9.17) is 0 Å². The molecule has 116 valence electrons. The van der Waals surface area contributed by atoms with Gasteiger partial charge in [0.15, 0.2) is 0 Å². The Morgan fingerprint density at radius 3 is 2.29 bits per heavy atom. The summed E-state index contributed by atoms with van der Waals surface area (Å²) in [5.41, 5.74) is 0.132. The summed E-state index contributed by atoms with van der Waals surface area (Å²) in [5.74, 6) is 0.945. The lowest BCUT2D eigenvalue weighted by molar-refractivity contribution is -0.130. The fraction of sp³-hybridized carbons (Fsp3) is 0.643. The second-order valence-electron chi connectivity index (χ2n) is 5.00. The molecule has 1 aliphatic heterocycles. The van der Waals surface area contributed by atoms with Crippen molar-refractivity contribution in [3.63, 3.8) is 0 Å². The molecule has 0 spiro atoms. The minimum Gasteiger partial charge on any atom is -0.273 e. The van der Waals surface area contributed by atoms with Crippen LogP contribution in [0.2, 0.25) is 0 Å². The maximum atomic E-state index is 12.6. The normalized spacial score (nSPS) is 19.6. The van der Waals surface area contributed by atoms with Crippen LogP contribution in [0, 0.1) is 5.92 Å². The van der Waals surface area contributed by atoms with Crippen LogP contribution in [0.5, 0.6) is 0 Å².